The minimum atomic E-state index is 0.740. The number of nitrogens with zero attached hydrogens (tertiary/aromatic N) is 1. The summed E-state index contributed by atoms with van der Waals surface area (Å²) < 4.78 is 0. The molecule has 0 atom stereocenters. The maximum absolute atomic E-state index is 5.87. The Morgan fingerprint density at radius 2 is 2.06 bits per heavy atom. The third kappa shape index (κ3) is 2.66. The van der Waals surface area contributed by atoms with Crippen molar-refractivity contribution in [3.05, 3.63) is 40.9 Å². The molecule has 1 aromatic rings. The van der Waals surface area contributed by atoms with Crippen LogP contribution < -0.4 is 0 Å². The molecule has 1 aliphatic heterocycles. The van der Waals surface area contributed by atoms with Crippen LogP contribution in [0.15, 0.2) is 30.3 Å². The first-order valence-electron chi connectivity index (χ1n) is 5.40. The van der Waals surface area contributed by atoms with E-state index in [1.807, 2.05) is 12.1 Å². The molecular weight excluding hydrogens is 218 g/mol. The van der Waals surface area contributed by atoms with Gasteiger partial charge >= 0.3 is 0 Å². The molecule has 0 unspecified atom stereocenters. The second-order valence-corrected chi connectivity index (χ2v) is 4.36. The molecule has 2 heteroatoms. The van der Waals surface area contributed by atoms with Gasteiger partial charge in [-0.3, -0.25) is 4.90 Å². The highest BCUT2D eigenvalue weighted by molar-refractivity contribution is 6.30. The van der Waals surface area contributed by atoms with Gasteiger partial charge in [-0.2, -0.15) is 0 Å². The van der Waals surface area contributed by atoms with Crippen LogP contribution in [0.5, 0.6) is 0 Å². The van der Waals surface area contributed by atoms with E-state index in [0.29, 0.717) is 0 Å². The van der Waals surface area contributed by atoms with Crippen LogP contribution in [-0.4, -0.2) is 24.5 Å². The Bertz CT molecular complexity index is 425. The van der Waals surface area contributed by atoms with Crippen molar-refractivity contribution in [2.75, 3.05) is 19.6 Å². The molecule has 0 N–H and O–H groups in total. The Kier molecular flexibility index (Phi) is 3.66. The summed E-state index contributed by atoms with van der Waals surface area (Å²) in [6.45, 7) is 2.73. The monoisotopic (exact) mass is 231 g/mol. The van der Waals surface area contributed by atoms with E-state index in [2.05, 4.69) is 29.0 Å². The van der Waals surface area contributed by atoms with Crippen LogP contribution in [0, 0.1) is 12.3 Å². The Hall–Kier alpha value is -1.23. The zero-order valence-corrected chi connectivity index (χ0v) is 9.87. The lowest BCUT2D eigenvalue weighted by atomic mass is 10.00. The molecule has 82 valence electrons. The van der Waals surface area contributed by atoms with Gasteiger partial charge in [0.25, 0.3) is 0 Å². The van der Waals surface area contributed by atoms with E-state index < -0.39 is 0 Å². The maximum atomic E-state index is 5.87. The summed E-state index contributed by atoms with van der Waals surface area (Å²) in [7, 11) is 0. The van der Waals surface area contributed by atoms with Crippen LogP contribution in [0.25, 0.3) is 5.57 Å². The second-order valence-electron chi connectivity index (χ2n) is 3.93. The summed E-state index contributed by atoms with van der Waals surface area (Å²) in [5, 5.41) is 0.786. The molecule has 1 heterocycles. The summed E-state index contributed by atoms with van der Waals surface area (Å²) in [6, 6.07) is 8.02. The van der Waals surface area contributed by atoms with E-state index in [1.54, 1.807) is 0 Å². The average molecular weight is 232 g/mol. The number of halogens is 1. The molecular formula is C14H14ClN. The molecule has 0 aliphatic carbocycles. The molecule has 0 aromatic heterocycles. The number of hydrogen-bond acceptors (Lipinski definition) is 1. The van der Waals surface area contributed by atoms with Crippen molar-refractivity contribution in [3.63, 3.8) is 0 Å². The highest BCUT2D eigenvalue weighted by atomic mass is 35.5. The van der Waals surface area contributed by atoms with Crippen LogP contribution in [-0.2, 0) is 0 Å². The molecule has 0 saturated heterocycles. The van der Waals surface area contributed by atoms with Gasteiger partial charge in [-0.05, 0) is 29.7 Å². The van der Waals surface area contributed by atoms with E-state index in [1.165, 1.54) is 11.1 Å². The lowest BCUT2D eigenvalue weighted by Crippen LogP contribution is -2.28. The molecule has 0 amide bonds. The topological polar surface area (TPSA) is 3.24 Å². The van der Waals surface area contributed by atoms with E-state index in [-0.39, 0.29) is 0 Å². The second kappa shape index (κ2) is 5.21. The van der Waals surface area contributed by atoms with Gasteiger partial charge in [0.1, 0.15) is 0 Å². The van der Waals surface area contributed by atoms with Gasteiger partial charge in [0.05, 0.1) is 6.54 Å². The molecule has 16 heavy (non-hydrogen) atoms. The number of terminal acetylenes is 1. The van der Waals surface area contributed by atoms with Crippen LogP contribution in [0.2, 0.25) is 5.02 Å². The van der Waals surface area contributed by atoms with Crippen molar-refractivity contribution in [1.29, 1.82) is 0 Å². The van der Waals surface area contributed by atoms with E-state index in [0.717, 1.165) is 31.1 Å². The Labute approximate surface area is 102 Å². The van der Waals surface area contributed by atoms with Crippen molar-refractivity contribution in [2.24, 2.45) is 0 Å². The fourth-order valence-corrected chi connectivity index (χ4v) is 2.04. The number of rotatable bonds is 2. The van der Waals surface area contributed by atoms with Gasteiger partial charge in [-0.15, -0.1) is 6.42 Å². The molecule has 1 aromatic carbocycles. The van der Waals surface area contributed by atoms with E-state index >= 15 is 0 Å². The largest absolute Gasteiger partial charge is 0.288 e. The van der Waals surface area contributed by atoms with Gasteiger partial charge in [0.2, 0.25) is 0 Å². The number of benzene rings is 1. The first-order chi connectivity index (χ1) is 7.79. The van der Waals surface area contributed by atoms with Crippen LogP contribution in [0.1, 0.15) is 12.0 Å². The van der Waals surface area contributed by atoms with Crippen molar-refractivity contribution in [1.82, 2.24) is 4.90 Å². The molecule has 2 rings (SSSR count). The van der Waals surface area contributed by atoms with E-state index in [4.69, 9.17) is 18.0 Å². The summed E-state index contributed by atoms with van der Waals surface area (Å²) in [5.41, 5.74) is 2.66. The van der Waals surface area contributed by atoms with Gasteiger partial charge in [0.15, 0.2) is 0 Å². The SMILES string of the molecule is C#CCN1CC=C(c2ccc(Cl)cc2)CC1. The quantitative estimate of drug-likeness (QED) is 0.708. The molecule has 0 bridgehead atoms. The van der Waals surface area contributed by atoms with Gasteiger partial charge in [0, 0.05) is 18.1 Å². The van der Waals surface area contributed by atoms with Crippen LogP contribution >= 0.6 is 11.6 Å². The fourth-order valence-electron chi connectivity index (χ4n) is 1.91. The molecule has 0 fully saturated rings. The van der Waals surface area contributed by atoms with E-state index in [9.17, 15) is 0 Å². The lowest BCUT2D eigenvalue weighted by molar-refractivity contribution is 0.340. The van der Waals surface area contributed by atoms with Crippen molar-refractivity contribution in [3.8, 4) is 12.3 Å². The third-order valence-electron chi connectivity index (χ3n) is 2.82. The molecule has 1 nitrogen and oxygen atoms in total. The summed E-state index contributed by atoms with van der Waals surface area (Å²) in [5.74, 6) is 2.68. The predicted octanol–water partition coefficient (Wildman–Crippen LogP) is 3.06. The fraction of sp³-hybridized carbons (Fsp3) is 0.286. The molecule has 1 aliphatic rings. The van der Waals surface area contributed by atoms with Crippen molar-refractivity contribution < 1.29 is 0 Å². The zero-order chi connectivity index (χ0) is 11.4. The van der Waals surface area contributed by atoms with Gasteiger partial charge < -0.3 is 0 Å². The van der Waals surface area contributed by atoms with Gasteiger partial charge in [-0.25, -0.2) is 0 Å². The smallest absolute Gasteiger partial charge is 0.0601 e. The zero-order valence-electron chi connectivity index (χ0n) is 9.12. The van der Waals surface area contributed by atoms with Gasteiger partial charge in [-0.1, -0.05) is 35.7 Å². The summed E-state index contributed by atoms with van der Waals surface area (Å²) >= 11 is 5.87. The molecule has 0 saturated carbocycles. The molecule has 0 spiro atoms. The highest BCUT2D eigenvalue weighted by Crippen LogP contribution is 2.23. The van der Waals surface area contributed by atoms with Crippen molar-refractivity contribution >= 4 is 17.2 Å². The first-order valence-corrected chi connectivity index (χ1v) is 5.78. The normalized spacial score (nSPS) is 16.6. The summed E-state index contributed by atoms with van der Waals surface area (Å²) in [6.07, 6.45) is 8.61. The minimum absolute atomic E-state index is 0.740. The lowest BCUT2D eigenvalue weighted by Gasteiger charge is -2.24. The Balaban J connectivity index is 2.07. The van der Waals surface area contributed by atoms with Crippen LogP contribution in [0.4, 0.5) is 0 Å². The number of hydrogen-bond donors (Lipinski definition) is 0. The summed E-state index contributed by atoms with van der Waals surface area (Å²) in [4.78, 5) is 2.26. The van der Waals surface area contributed by atoms with Crippen molar-refractivity contribution in [2.45, 2.75) is 6.42 Å². The predicted molar refractivity (Wildman–Crippen MR) is 69.3 cm³/mol. The average Bonchev–Trinajstić information content (AvgIpc) is 2.32. The van der Waals surface area contributed by atoms with Crippen LogP contribution in [0.3, 0.4) is 0 Å². The Morgan fingerprint density at radius 3 is 2.62 bits per heavy atom. The highest BCUT2D eigenvalue weighted by Gasteiger charge is 2.11. The minimum Gasteiger partial charge on any atom is -0.288 e. The first kappa shape index (κ1) is 11.3. The Morgan fingerprint density at radius 1 is 1.31 bits per heavy atom. The standard InChI is InChI=1S/C14H14ClN/c1-2-9-16-10-7-13(8-11-16)12-3-5-14(15)6-4-12/h1,3-7H,8-11H2. The maximum Gasteiger partial charge on any atom is 0.0601 e. The third-order valence-corrected chi connectivity index (χ3v) is 3.08. The molecule has 0 radical (unpaired) electrons.